The minimum atomic E-state index is 0.513. The van der Waals surface area contributed by atoms with Gasteiger partial charge < -0.3 is 10.6 Å². The van der Waals surface area contributed by atoms with Gasteiger partial charge >= 0.3 is 0 Å². The van der Waals surface area contributed by atoms with Crippen LogP contribution in [0, 0.1) is 0 Å². The van der Waals surface area contributed by atoms with Crippen molar-refractivity contribution in [2.24, 2.45) is 0 Å². The summed E-state index contributed by atoms with van der Waals surface area (Å²) in [5, 5.41) is 7.36. The lowest BCUT2D eigenvalue weighted by Crippen LogP contribution is -2.49. The maximum atomic E-state index is 4.39. The molecule has 4 heteroatoms. The summed E-state index contributed by atoms with van der Waals surface area (Å²) >= 11 is 0. The van der Waals surface area contributed by atoms with Crippen LogP contribution in [0.3, 0.4) is 0 Å². The minimum Gasteiger partial charge on any atom is -0.307 e. The highest BCUT2D eigenvalue weighted by Gasteiger charge is 2.24. The van der Waals surface area contributed by atoms with Crippen LogP contribution in [0.5, 0.6) is 0 Å². The number of nitrogens with zero attached hydrogens (tertiary/aromatic N) is 2. The van der Waals surface area contributed by atoms with Crippen molar-refractivity contribution < 1.29 is 0 Å². The largest absolute Gasteiger partial charge is 0.307 e. The van der Waals surface area contributed by atoms with Crippen LogP contribution < -0.4 is 10.6 Å². The summed E-state index contributed by atoms with van der Waals surface area (Å²) in [7, 11) is 0. The Balaban J connectivity index is 1.52. The molecule has 0 aromatic carbocycles. The molecule has 1 fully saturated rings. The maximum Gasteiger partial charge on any atom is 0.0541 e. The second-order valence-corrected chi connectivity index (χ2v) is 5.90. The highest BCUT2D eigenvalue weighted by atomic mass is 15.0. The Morgan fingerprint density at radius 3 is 1.68 bits per heavy atom. The second kappa shape index (κ2) is 8.01. The van der Waals surface area contributed by atoms with E-state index in [-0.39, 0.29) is 0 Å². The fourth-order valence-electron chi connectivity index (χ4n) is 3.10. The first kappa shape index (κ1) is 15.1. The predicted molar refractivity (Wildman–Crippen MR) is 88.2 cm³/mol. The van der Waals surface area contributed by atoms with Crippen LogP contribution in [-0.2, 0) is 13.1 Å². The quantitative estimate of drug-likeness (QED) is 0.860. The number of aromatic nitrogens is 2. The molecule has 2 N–H and O–H groups in total. The monoisotopic (exact) mass is 296 g/mol. The van der Waals surface area contributed by atoms with Gasteiger partial charge in [-0.05, 0) is 37.1 Å². The first-order chi connectivity index (χ1) is 10.9. The molecule has 1 saturated carbocycles. The van der Waals surface area contributed by atoms with Crippen molar-refractivity contribution in [2.75, 3.05) is 0 Å². The fourth-order valence-corrected chi connectivity index (χ4v) is 3.10. The van der Waals surface area contributed by atoms with Crippen LogP contribution >= 0.6 is 0 Å². The van der Waals surface area contributed by atoms with Crippen molar-refractivity contribution in [3.8, 4) is 0 Å². The maximum absolute atomic E-state index is 4.39. The number of hydrogen-bond acceptors (Lipinski definition) is 4. The van der Waals surface area contributed by atoms with Gasteiger partial charge in [-0.3, -0.25) is 9.97 Å². The molecule has 2 aromatic rings. The van der Waals surface area contributed by atoms with Crippen molar-refractivity contribution in [2.45, 2.75) is 50.9 Å². The van der Waals surface area contributed by atoms with Crippen LogP contribution in [0.4, 0.5) is 0 Å². The first-order valence-electron chi connectivity index (χ1n) is 8.18. The van der Waals surface area contributed by atoms with Crippen LogP contribution in [0.2, 0.25) is 0 Å². The molecule has 0 spiro atoms. The number of hydrogen-bond donors (Lipinski definition) is 2. The van der Waals surface area contributed by atoms with E-state index in [0.29, 0.717) is 12.1 Å². The molecule has 4 nitrogen and oxygen atoms in total. The van der Waals surface area contributed by atoms with Crippen molar-refractivity contribution in [1.82, 2.24) is 20.6 Å². The molecule has 0 unspecified atom stereocenters. The summed E-state index contributed by atoms with van der Waals surface area (Å²) in [6.45, 7) is 1.68. The van der Waals surface area contributed by atoms with Gasteiger partial charge in [-0.15, -0.1) is 0 Å². The molecule has 1 aliphatic rings. The van der Waals surface area contributed by atoms with E-state index in [1.54, 1.807) is 0 Å². The van der Waals surface area contributed by atoms with Gasteiger partial charge in [-0.1, -0.05) is 25.0 Å². The van der Waals surface area contributed by atoms with Crippen molar-refractivity contribution >= 4 is 0 Å². The van der Waals surface area contributed by atoms with E-state index in [4.69, 9.17) is 0 Å². The van der Waals surface area contributed by atoms with E-state index < -0.39 is 0 Å². The van der Waals surface area contributed by atoms with Crippen LogP contribution in [-0.4, -0.2) is 22.1 Å². The summed E-state index contributed by atoms with van der Waals surface area (Å²) in [4.78, 5) is 8.78. The molecule has 0 saturated heterocycles. The molecule has 0 bridgehead atoms. The molecular weight excluding hydrogens is 272 g/mol. The Bertz CT molecular complexity index is 492. The zero-order valence-corrected chi connectivity index (χ0v) is 12.9. The van der Waals surface area contributed by atoms with Crippen molar-refractivity contribution in [3.05, 3.63) is 60.2 Å². The van der Waals surface area contributed by atoms with Gasteiger partial charge in [-0.2, -0.15) is 0 Å². The summed E-state index contributed by atoms with van der Waals surface area (Å²) in [5.74, 6) is 0. The zero-order chi connectivity index (χ0) is 15.0. The smallest absolute Gasteiger partial charge is 0.0541 e. The van der Waals surface area contributed by atoms with Gasteiger partial charge in [0.2, 0.25) is 0 Å². The van der Waals surface area contributed by atoms with Crippen LogP contribution in [0.15, 0.2) is 48.8 Å². The lowest BCUT2D eigenvalue weighted by atomic mass is 9.90. The van der Waals surface area contributed by atoms with E-state index in [9.17, 15) is 0 Å². The summed E-state index contributed by atoms with van der Waals surface area (Å²) in [6, 6.07) is 13.2. The standard InChI is InChI=1S/C18H24N4/c1-2-10-18(22-14-16-8-4-6-12-20-16)17(9-1)21-13-15-7-3-5-11-19-15/h3-8,11-12,17-18,21-22H,1-2,9-10,13-14H2/t17-,18-/m0/s1. The summed E-state index contributed by atoms with van der Waals surface area (Å²) in [5.41, 5.74) is 2.22. The Morgan fingerprint density at radius 1 is 0.773 bits per heavy atom. The van der Waals surface area contributed by atoms with Gasteiger partial charge in [0.05, 0.1) is 11.4 Å². The fraction of sp³-hybridized carbons (Fsp3) is 0.444. The molecule has 116 valence electrons. The molecular formula is C18H24N4. The van der Waals surface area contributed by atoms with Gasteiger partial charge in [0.25, 0.3) is 0 Å². The highest BCUT2D eigenvalue weighted by Crippen LogP contribution is 2.19. The molecule has 2 aromatic heterocycles. The summed E-state index contributed by atoms with van der Waals surface area (Å²) < 4.78 is 0. The average Bonchev–Trinajstić information content (AvgIpc) is 2.61. The van der Waals surface area contributed by atoms with E-state index in [1.807, 2.05) is 36.7 Å². The number of rotatable bonds is 6. The van der Waals surface area contributed by atoms with E-state index in [0.717, 1.165) is 24.5 Å². The molecule has 0 radical (unpaired) electrons. The highest BCUT2D eigenvalue weighted by molar-refractivity contribution is 5.05. The van der Waals surface area contributed by atoms with Crippen LogP contribution in [0.25, 0.3) is 0 Å². The lowest BCUT2D eigenvalue weighted by Gasteiger charge is -2.33. The van der Waals surface area contributed by atoms with Gasteiger partial charge in [0, 0.05) is 37.6 Å². The Kier molecular flexibility index (Phi) is 5.51. The third-order valence-corrected chi connectivity index (χ3v) is 4.31. The van der Waals surface area contributed by atoms with Gasteiger partial charge in [0.15, 0.2) is 0 Å². The lowest BCUT2D eigenvalue weighted by molar-refractivity contribution is 0.280. The second-order valence-electron chi connectivity index (χ2n) is 5.90. The molecule has 2 atom stereocenters. The van der Waals surface area contributed by atoms with Gasteiger partial charge in [0.1, 0.15) is 0 Å². The number of nitrogens with one attached hydrogen (secondary N) is 2. The minimum absolute atomic E-state index is 0.513. The molecule has 0 amide bonds. The van der Waals surface area contributed by atoms with Crippen molar-refractivity contribution in [1.29, 1.82) is 0 Å². The van der Waals surface area contributed by atoms with Crippen molar-refractivity contribution in [3.63, 3.8) is 0 Å². The summed E-state index contributed by atoms with van der Waals surface area (Å²) in [6.07, 6.45) is 8.78. The van der Waals surface area contributed by atoms with E-state index >= 15 is 0 Å². The first-order valence-corrected chi connectivity index (χ1v) is 8.18. The molecule has 1 aliphatic carbocycles. The Hall–Kier alpha value is -1.78. The third-order valence-electron chi connectivity index (χ3n) is 4.31. The zero-order valence-electron chi connectivity index (χ0n) is 12.9. The van der Waals surface area contributed by atoms with E-state index in [1.165, 1.54) is 25.7 Å². The Labute approximate surface area is 132 Å². The molecule has 0 aliphatic heterocycles. The van der Waals surface area contributed by atoms with E-state index in [2.05, 4.69) is 32.7 Å². The number of pyridine rings is 2. The average molecular weight is 296 g/mol. The Morgan fingerprint density at radius 2 is 1.27 bits per heavy atom. The van der Waals surface area contributed by atoms with Crippen LogP contribution in [0.1, 0.15) is 37.1 Å². The predicted octanol–water partition coefficient (Wildman–Crippen LogP) is 2.67. The SMILES string of the molecule is c1ccc(CN[C@H]2CCCC[C@@H]2NCc2ccccn2)nc1. The topological polar surface area (TPSA) is 49.8 Å². The van der Waals surface area contributed by atoms with Gasteiger partial charge in [-0.25, -0.2) is 0 Å². The normalized spacial score (nSPS) is 21.6. The molecule has 2 heterocycles. The molecule has 3 rings (SSSR count). The molecule has 22 heavy (non-hydrogen) atoms. The third kappa shape index (κ3) is 4.36.